The van der Waals surface area contributed by atoms with Crippen molar-refractivity contribution in [1.29, 1.82) is 0 Å². The van der Waals surface area contributed by atoms with Crippen molar-refractivity contribution >= 4 is 39.1 Å². The zero-order valence-corrected chi connectivity index (χ0v) is 36.7. The number of carbonyl (C=O) groups excluding carboxylic acids is 3. The molecule has 1 fully saturated rings. The van der Waals surface area contributed by atoms with Gasteiger partial charge >= 0.3 is 5.97 Å². The van der Waals surface area contributed by atoms with Gasteiger partial charge in [-0.3, -0.25) is 19.3 Å². The van der Waals surface area contributed by atoms with Crippen LogP contribution in [0.4, 0.5) is 0 Å². The fourth-order valence-corrected chi connectivity index (χ4v) is 7.81. The van der Waals surface area contributed by atoms with Crippen molar-refractivity contribution in [2.24, 2.45) is 0 Å². The van der Waals surface area contributed by atoms with Gasteiger partial charge in [0.2, 0.25) is 5.91 Å². The molecule has 0 saturated carbocycles. The molecule has 1 aliphatic heterocycles. The van der Waals surface area contributed by atoms with E-state index in [1.807, 2.05) is 18.2 Å². The molecule has 326 valence electrons. The molecule has 0 atom stereocenters. The van der Waals surface area contributed by atoms with E-state index in [1.165, 1.54) is 11.3 Å². The van der Waals surface area contributed by atoms with Crippen molar-refractivity contribution in [2.75, 3.05) is 46.0 Å². The molecular weight excluding hydrogens is 797 g/mol. The van der Waals surface area contributed by atoms with E-state index in [2.05, 4.69) is 84.0 Å². The highest BCUT2D eigenvalue weighted by Gasteiger charge is 2.23. The van der Waals surface area contributed by atoms with Crippen LogP contribution in [0.3, 0.4) is 0 Å². The van der Waals surface area contributed by atoms with Crippen LogP contribution in [0.25, 0.3) is 20.5 Å². The van der Waals surface area contributed by atoms with Crippen molar-refractivity contribution in [3.05, 3.63) is 151 Å². The van der Waals surface area contributed by atoms with Crippen molar-refractivity contribution in [3.8, 4) is 27.7 Å². The molecular formula is C52H60N2O7S. The lowest BCUT2D eigenvalue weighted by Crippen LogP contribution is -2.38. The number of fused-ring (bicyclic) bond motifs is 1. The summed E-state index contributed by atoms with van der Waals surface area (Å²) in [5, 5.41) is 13.5. The van der Waals surface area contributed by atoms with Crippen LogP contribution >= 0.6 is 11.3 Å². The van der Waals surface area contributed by atoms with Gasteiger partial charge in [-0.1, -0.05) is 79.8 Å². The quantitative estimate of drug-likeness (QED) is 0.0293. The summed E-state index contributed by atoms with van der Waals surface area (Å²) >= 11 is 1.41. The number of nitrogens with zero attached hydrogens (tertiary/aromatic N) is 1. The Labute approximate surface area is 370 Å². The van der Waals surface area contributed by atoms with Crippen LogP contribution < -0.4 is 14.8 Å². The molecule has 9 nitrogen and oxygen atoms in total. The van der Waals surface area contributed by atoms with Crippen LogP contribution in [-0.2, 0) is 14.3 Å². The summed E-state index contributed by atoms with van der Waals surface area (Å²) in [5.74, 6) is 0.420. The summed E-state index contributed by atoms with van der Waals surface area (Å²) in [6.45, 7) is 6.93. The van der Waals surface area contributed by atoms with Crippen LogP contribution in [0.15, 0.2) is 140 Å². The summed E-state index contributed by atoms with van der Waals surface area (Å²) in [6.07, 6.45) is 32.5. The molecule has 4 aromatic rings. The van der Waals surface area contributed by atoms with E-state index in [9.17, 15) is 19.5 Å². The standard InChI is InChI=1S/C52H60N2O7S/c1-2-3-4-5-6-7-8-9-10-11-12-13-14-15-16-17-18-19-20-21-48(56)53-33-32-49(57)61-45-30-31-46-47(40-45)62-52(42-22-26-43(55)27-23-42)50(46)51(58)41-24-28-44(29-25-41)60-39-36-54-34-37-59-38-35-54/h3-4,6-7,9-10,12-13,15-16,18-19,22-31,40,55H,2,5,8,11,14,17,20-21,32-39H2,1H3,(H,53,56). The number of allylic oxidation sites excluding steroid dienone is 12. The Bertz CT molecular complexity index is 2190. The van der Waals surface area contributed by atoms with Gasteiger partial charge in [0.1, 0.15) is 23.9 Å². The average Bonchev–Trinajstić information content (AvgIpc) is 3.66. The molecule has 1 amide bonds. The van der Waals surface area contributed by atoms with E-state index in [-0.39, 0.29) is 30.4 Å². The number of thiophene rings is 1. The Hall–Kier alpha value is -5.81. The third kappa shape index (κ3) is 16.6. The van der Waals surface area contributed by atoms with Crippen LogP contribution in [0.5, 0.6) is 17.2 Å². The molecule has 5 rings (SSSR count). The molecule has 3 aromatic carbocycles. The van der Waals surface area contributed by atoms with Gasteiger partial charge in [-0.05, 0) is 117 Å². The predicted molar refractivity (Wildman–Crippen MR) is 252 cm³/mol. The second-order valence-electron chi connectivity index (χ2n) is 14.7. The highest BCUT2D eigenvalue weighted by molar-refractivity contribution is 7.22. The van der Waals surface area contributed by atoms with E-state index < -0.39 is 5.97 Å². The zero-order chi connectivity index (χ0) is 43.6. The maximum absolute atomic E-state index is 14.1. The number of benzene rings is 3. The minimum Gasteiger partial charge on any atom is -0.508 e. The largest absolute Gasteiger partial charge is 0.508 e. The number of phenols is 1. The van der Waals surface area contributed by atoms with Crippen LogP contribution in [0.1, 0.15) is 80.6 Å². The lowest BCUT2D eigenvalue weighted by atomic mass is 9.97. The molecule has 0 spiro atoms. The van der Waals surface area contributed by atoms with Gasteiger partial charge in [0.05, 0.1) is 19.6 Å². The molecule has 0 bridgehead atoms. The Balaban J connectivity index is 1.03. The maximum atomic E-state index is 14.1. The molecule has 1 aliphatic rings. The Morgan fingerprint density at radius 3 is 1.97 bits per heavy atom. The number of esters is 1. The van der Waals surface area contributed by atoms with E-state index in [0.717, 1.165) is 91.9 Å². The Kier molecular flexibility index (Phi) is 20.7. The SMILES string of the molecule is CCC=CCC=CCC=CCC=CCC=CCC=CCCC(=O)NCCC(=O)Oc1ccc2c(C(=O)c3ccc(OCCN4CCOCC4)cc3)c(-c3ccc(O)cc3)sc2c1. The number of carbonyl (C=O) groups is 3. The lowest BCUT2D eigenvalue weighted by Gasteiger charge is -2.26. The molecule has 2 N–H and O–H groups in total. The summed E-state index contributed by atoms with van der Waals surface area (Å²) < 4.78 is 17.8. The second kappa shape index (κ2) is 27.2. The number of rotatable bonds is 25. The maximum Gasteiger partial charge on any atom is 0.312 e. The van der Waals surface area contributed by atoms with E-state index in [0.29, 0.717) is 42.1 Å². The predicted octanol–water partition coefficient (Wildman–Crippen LogP) is 11.1. The molecule has 1 saturated heterocycles. The third-order valence-electron chi connectivity index (χ3n) is 9.93. The number of ketones is 1. The molecule has 0 radical (unpaired) electrons. The zero-order valence-electron chi connectivity index (χ0n) is 35.8. The van der Waals surface area contributed by atoms with Crippen molar-refractivity contribution < 1.29 is 33.7 Å². The number of phenolic OH excluding ortho intramolecular Hbond substituents is 1. The van der Waals surface area contributed by atoms with Crippen molar-refractivity contribution in [2.45, 2.75) is 64.7 Å². The molecule has 2 heterocycles. The smallest absolute Gasteiger partial charge is 0.312 e. The van der Waals surface area contributed by atoms with Gasteiger partial charge in [0.15, 0.2) is 5.78 Å². The first-order valence-electron chi connectivity index (χ1n) is 21.7. The van der Waals surface area contributed by atoms with Crippen molar-refractivity contribution in [3.63, 3.8) is 0 Å². The number of hydrogen-bond acceptors (Lipinski definition) is 9. The highest BCUT2D eigenvalue weighted by Crippen LogP contribution is 2.41. The first kappa shape index (κ1) is 47.2. The summed E-state index contributed by atoms with van der Waals surface area (Å²) in [4.78, 5) is 42.3. The number of aromatic hydroxyl groups is 1. The summed E-state index contributed by atoms with van der Waals surface area (Å²) in [5.41, 5.74) is 1.83. The number of nitrogens with one attached hydrogen (secondary N) is 1. The Morgan fingerprint density at radius 2 is 1.34 bits per heavy atom. The minimum absolute atomic E-state index is 0.0174. The number of ether oxygens (including phenoxy) is 3. The highest BCUT2D eigenvalue weighted by atomic mass is 32.1. The summed E-state index contributed by atoms with van der Waals surface area (Å²) in [7, 11) is 0. The first-order chi connectivity index (χ1) is 30.4. The van der Waals surface area contributed by atoms with E-state index in [1.54, 1.807) is 54.6 Å². The fraction of sp³-hybridized carbons (Fsp3) is 0.327. The number of morpholine rings is 1. The van der Waals surface area contributed by atoms with Gasteiger partial charge in [-0.2, -0.15) is 0 Å². The van der Waals surface area contributed by atoms with Crippen LogP contribution in [0.2, 0.25) is 0 Å². The Morgan fingerprint density at radius 1 is 0.742 bits per heavy atom. The minimum atomic E-state index is -0.472. The first-order valence-corrected chi connectivity index (χ1v) is 22.5. The summed E-state index contributed by atoms with van der Waals surface area (Å²) in [6, 6.07) is 19.2. The van der Waals surface area contributed by atoms with Gasteiger partial charge in [-0.15, -0.1) is 11.3 Å². The number of hydrogen-bond donors (Lipinski definition) is 2. The number of amides is 1. The van der Waals surface area contributed by atoms with Gasteiger partial charge in [0, 0.05) is 58.7 Å². The monoisotopic (exact) mass is 856 g/mol. The van der Waals surface area contributed by atoms with Gasteiger partial charge in [-0.25, -0.2) is 0 Å². The van der Waals surface area contributed by atoms with E-state index >= 15 is 0 Å². The van der Waals surface area contributed by atoms with Gasteiger partial charge < -0.3 is 24.6 Å². The molecule has 1 aromatic heterocycles. The normalized spacial score (nSPS) is 13.8. The van der Waals surface area contributed by atoms with Crippen LogP contribution in [0, 0.1) is 0 Å². The molecule has 0 aliphatic carbocycles. The molecule has 0 unspecified atom stereocenters. The van der Waals surface area contributed by atoms with Gasteiger partial charge in [0.25, 0.3) is 0 Å². The molecule has 62 heavy (non-hydrogen) atoms. The van der Waals surface area contributed by atoms with E-state index in [4.69, 9.17) is 14.2 Å². The fourth-order valence-electron chi connectivity index (χ4n) is 6.58. The molecule has 10 heteroatoms. The second-order valence-corrected chi connectivity index (χ2v) is 15.7. The van der Waals surface area contributed by atoms with Crippen molar-refractivity contribution in [1.82, 2.24) is 10.2 Å². The topological polar surface area (TPSA) is 114 Å². The third-order valence-corrected chi connectivity index (χ3v) is 11.1. The van der Waals surface area contributed by atoms with Crippen LogP contribution in [-0.4, -0.2) is 73.7 Å². The lowest BCUT2D eigenvalue weighted by molar-refractivity contribution is -0.134. The average molecular weight is 857 g/mol.